The van der Waals surface area contributed by atoms with E-state index in [1.807, 2.05) is 20.8 Å². The minimum Gasteiger partial charge on any atom is -0.368 e. The van der Waals surface area contributed by atoms with Crippen LogP contribution in [0, 0.1) is 5.92 Å². The van der Waals surface area contributed by atoms with Crippen LogP contribution in [0.5, 0.6) is 0 Å². The summed E-state index contributed by atoms with van der Waals surface area (Å²) in [6, 6.07) is 0. The first-order chi connectivity index (χ1) is 6.43. The summed E-state index contributed by atoms with van der Waals surface area (Å²) in [7, 11) is 1.50. The van der Waals surface area contributed by atoms with E-state index in [0.717, 1.165) is 19.3 Å². The number of ketones is 1. The lowest BCUT2D eigenvalue weighted by molar-refractivity contribution is -0.117. The van der Waals surface area contributed by atoms with Gasteiger partial charge in [-0.15, -0.1) is 0 Å². The number of hydrogen-bond acceptors (Lipinski definition) is 3. The van der Waals surface area contributed by atoms with E-state index < -0.39 is 6.29 Å². The minimum absolute atomic E-state index is 0.287. The van der Waals surface area contributed by atoms with Gasteiger partial charge in [0.1, 0.15) is 5.78 Å². The molecule has 0 aromatic rings. The van der Waals surface area contributed by atoms with E-state index in [-0.39, 0.29) is 5.78 Å². The summed E-state index contributed by atoms with van der Waals surface area (Å²) in [6.45, 7) is 7.71. The Hall–Kier alpha value is -0.410. The lowest BCUT2D eigenvalue weighted by Crippen LogP contribution is -2.06. The molecule has 0 spiro atoms. The maximum absolute atomic E-state index is 10.3. The van der Waals surface area contributed by atoms with E-state index in [1.165, 1.54) is 7.11 Å². The molecule has 1 N–H and O–H groups in total. The molecule has 0 rings (SSSR count). The third-order valence-corrected chi connectivity index (χ3v) is 1.50. The van der Waals surface area contributed by atoms with Crippen molar-refractivity contribution >= 4 is 5.78 Å². The molecule has 14 heavy (non-hydrogen) atoms. The Morgan fingerprint density at radius 1 is 1.43 bits per heavy atom. The average Bonchev–Trinajstić information content (AvgIpc) is 2.03. The van der Waals surface area contributed by atoms with E-state index in [0.29, 0.717) is 5.92 Å². The minimum atomic E-state index is -0.551. The molecule has 0 bridgehead atoms. The van der Waals surface area contributed by atoms with Gasteiger partial charge in [0.25, 0.3) is 0 Å². The zero-order chi connectivity index (χ0) is 11.6. The van der Waals surface area contributed by atoms with E-state index in [9.17, 15) is 4.79 Å². The molecule has 0 aromatic carbocycles. The lowest BCUT2D eigenvalue weighted by atomic mass is 10.1. The topological polar surface area (TPSA) is 46.5 Å². The Bertz CT molecular complexity index is 132. The van der Waals surface area contributed by atoms with Crippen LogP contribution in [0.4, 0.5) is 0 Å². The van der Waals surface area contributed by atoms with Gasteiger partial charge in [0.15, 0.2) is 6.29 Å². The second kappa shape index (κ2) is 10.7. The van der Waals surface area contributed by atoms with E-state index >= 15 is 0 Å². The molecule has 0 saturated carbocycles. The Labute approximate surface area is 87.5 Å². The smallest absolute Gasteiger partial charge is 0.154 e. The summed E-state index contributed by atoms with van der Waals surface area (Å²) in [4.78, 5) is 10.3. The first-order valence-electron chi connectivity index (χ1n) is 5.14. The molecule has 3 nitrogen and oxygen atoms in total. The third-order valence-electron chi connectivity index (χ3n) is 1.50. The second-order valence-electron chi connectivity index (χ2n) is 3.78. The zero-order valence-electron chi connectivity index (χ0n) is 10.0. The van der Waals surface area contributed by atoms with Crippen LogP contribution in [0.1, 0.15) is 47.0 Å². The van der Waals surface area contributed by atoms with Crippen LogP contribution in [-0.2, 0) is 9.53 Å². The third kappa shape index (κ3) is 17.6. The summed E-state index contributed by atoms with van der Waals surface area (Å²) in [5.74, 6) is 0.813. The summed E-state index contributed by atoms with van der Waals surface area (Å²) in [5.41, 5.74) is 0. The predicted molar refractivity (Wildman–Crippen MR) is 58.1 cm³/mol. The van der Waals surface area contributed by atoms with Crippen molar-refractivity contribution in [1.29, 1.82) is 0 Å². The van der Waals surface area contributed by atoms with Crippen molar-refractivity contribution in [3.63, 3.8) is 0 Å². The van der Waals surface area contributed by atoms with Gasteiger partial charge in [-0.05, 0) is 19.3 Å². The highest BCUT2D eigenvalue weighted by Gasteiger charge is 1.95. The number of methoxy groups -OCH3 is 1. The fraction of sp³-hybridized carbons (Fsp3) is 0.909. The second-order valence-corrected chi connectivity index (χ2v) is 3.78. The number of carbonyl (C=O) groups is 1. The molecule has 0 saturated heterocycles. The largest absolute Gasteiger partial charge is 0.368 e. The fourth-order valence-corrected chi connectivity index (χ4v) is 0.940. The van der Waals surface area contributed by atoms with Crippen LogP contribution in [-0.4, -0.2) is 24.3 Å². The van der Waals surface area contributed by atoms with Crippen LogP contribution >= 0.6 is 0 Å². The highest BCUT2D eigenvalue weighted by Crippen LogP contribution is 1.97. The Kier molecular flexibility index (Phi) is 12.2. The first-order valence-corrected chi connectivity index (χ1v) is 5.14. The maximum Gasteiger partial charge on any atom is 0.154 e. The number of rotatable bonds is 5. The number of aliphatic hydroxyl groups excluding tert-OH is 1. The van der Waals surface area contributed by atoms with Crippen LogP contribution < -0.4 is 0 Å². The van der Waals surface area contributed by atoms with Crippen molar-refractivity contribution in [3.8, 4) is 0 Å². The molecule has 86 valence electrons. The zero-order valence-corrected chi connectivity index (χ0v) is 10.0. The molecule has 0 fully saturated rings. The number of hydrogen-bond donors (Lipinski definition) is 1. The summed E-state index contributed by atoms with van der Waals surface area (Å²) in [6.07, 6.45) is 1.87. The molecule has 1 atom stereocenters. The SMILES string of the molecule is CC(=O)CC(C)C.CCCC(O)OC. The summed E-state index contributed by atoms with van der Waals surface area (Å²) in [5, 5.41) is 8.64. The molecule has 0 aliphatic heterocycles. The Morgan fingerprint density at radius 3 is 2.00 bits per heavy atom. The van der Waals surface area contributed by atoms with Crippen LogP contribution in [0.25, 0.3) is 0 Å². The molecule has 0 radical (unpaired) electrons. The number of aliphatic hydroxyl groups is 1. The molecule has 3 heteroatoms. The standard InChI is InChI=1S/C6H12O.C5H12O2/c1-5(2)4-6(3)7;1-3-4-5(6)7-2/h5H,4H2,1-3H3;5-6H,3-4H2,1-2H3. The van der Waals surface area contributed by atoms with Gasteiger partial charge in [0.2, 0.25) is 0 Å². The molecule has 0 amide bonds. The number of Topliss-reactive ketones (excluding diaryl/α,β-unsaturated/α-hetero) is 1. The molecule has 0 aliphatic rings. The van der Waals surface area contributed by atoms with Crippen LogP contribution in [0.15, 0.2) is 0 Å². The number of ether oxygens (including phenoxy) is 1. The van der Waals surface area contributed by atoms with Gasteiger partial charge in [0, 0.05) is 13.5 Å². The highest BCUT2D eigenvalue weighted by atomic mass is 16.6. The van der Waals surface area contributed by atoms with Gasteiger partial charge < -0.3 is 14.6 Å². The normalized spacial score (nSPS) is 11.9. The molecular formula is C11H24O3. The fourth-order valence-electron chi connectivity index (χ4n) is 0.940. The van der Waals surface area contributed by atoms with Crippen molar-refractivity contribution in [2.75, 3.05) is 7.11 Å². The van der Waals surface area contributed by atoms with E-state index in [4.69, 9.17) is 5.11 Å². The van der Waals surface area contributed by atoms with Gasteiger partial charge in [-0.2, -0.15) is 0 Å². The van der Waals surface area contributed by atoms with Gasteiger partial charge in [-0.25, -0.2) is 0 Å². The van der Waals surface area contributed by atoms with Gasteiger partial charge in [-0.3, -0.25) is 0 Å². The Morgan fingerprint density at radius 2 is 1.93 bits per heavy atom. The highest BCUT2D eigenvalue weighted by molar-refractivity contribution is 5.75. The van der Waals surface area contributed by atoms with Crippen molar-refractivity contribution in [3.05, 3.63) is 0 Å². The van der Waals surface area contributed by atoms with Gasteiger partial charge in [0.05, 0.1) is 0 Å². The summed E-state index contributed by atoms with van der Waals surface area (Å²) < 4.78 is 4.55. The van der Waals surface area contributed by atoms with E-state index in [2.05, 4.69) is 4.74 Å². The molecule has 1 unspecified atom stereocenters. The van der Waals surface area contributed by atoms with Crippen LogP contribution in [0.3, 0.4) is 0 Å². The molecule has 0 aromatic heterocycles. The predicted octanol–water partition coefficient (Wildman–Crippen LogP) is 2.37. The van der Waals surface area contributed by atoms with E-state index in [1.54, 1.807) is 6.92 Å². The monoisotopic (exact) mass is 204 g/mol. The van der Waals surface area contributed by atoms with Crippen molar-refractivity contribution in [1.82, 2.24) is 0 Å². The Balaban J connectivity index is 0. The van der Waals surface area contributed by atoms with Crippen molar-refractivity contribution in [2.24, 2.45) is 5.92 Å². The molecular weight excluding hydrogens is 180 g/mol. The van der Waals surface area contributed by atoms with Crippen LogP contribution in [0.2, 0.25) is 0 Å². The van der Waals surface area contributed by atoms with Gasteiger partial charge >= 0.3 is 0 Å². The van der Waals surface area contributed by atoms with Gasteiger partial charge in [-0.1, -0.05) is 27.2 Å². The quantitative estimate of drug-likeness (QED) is 0.699. The lowest BCUT2D eigenvalue weighted by Gasteiger charge is -2.03. The first kappa shape index (κ1) is 16.0. The summed E-state index contributed by atoms with van der Waals surface area (Å²) >= 11 is 0. The molecule has 0 aliphatic carbocycles. The maximum atomic E-state index is 10.3. The van der Waals surface area contributed by atoms with Crippen molar-refractivity contribution in [2.45, 2.75) is 53.2 Å². The average molecular weight is 204 g/mol. The molecule has 0 heterocycles. The number of carbonyl (C=O) groups excluding carboxylic acids is 1. The van der Waals surface area contributed by atoms with Crippen molar-refractivity contribution < 1.29 is 14.6 Å².